The van der Waals surface area contributed by atoms with Gasteiger partial charge in [-0.1, -0.05) is 6.92 Å². The molecule has 1 aromatic rings. The second-order valence-corrected chi connectivity index (χ2v) is 9.60. The monoisotopic (exact) mass is 679 g/mol. The van der Waals surface area contributed by atoms with Crippen molar-refractivity contribution in [3.63, 3.8) is 0 Å². The van der Waals surface area contributed by atoms with Crippen LogP contribution in [-0.4, -0.2) is 168 Å². The third kappa shape index (κ3) is 27.5. The molecule has 3 N–H and O–H groups in total. The molecule has 0 unspecified atom stereocenters. The Hall–Kier alpha value is -2.15. The molecule has 0 bridgehead atoms. The van der Waals surface area contributed by atoms with Gasteiger partial charge in [-0.2, -0.15) is 0 Å². The molecule has 0 atom stereocenters. The van der Waals surface area contributed by atoms with Crippen LogP contribution in [0.5, 0.6) is 11.5 Å². The maximum Gasteiger partial charge on any atom is 0.251 e. The average Bonchev–Trinajstić information content (AvgIpc) is 3.08. The lowest BCUT2D eigenvalue weighted by Gasteiger charge is -2.13. The van der Waals surface area contributed by atoms with Gasteiger partial charge in [-0.05, 0) is 18.6 Å². The zero-order valence-electron chi connectivity index (χ0n) is 28.0. The maximum absolute atomic E-state index is 12.9. The summed E-state index contributed by atoms with van der Waals surface area (Å²) in [6, 6.07) is 4.99. The fourth-order valence-corrected chi connectivity index (χ4v) is 3.54. The van der Waals surface area contributed by atoms with Crippen LogP contribution in [0.3, 0.4) is 0 Å². The van der Waals surface area contributed by atoms with Gasteiger partial charge in [0.1, 0.15) is 24.7 Å². The van der Waals surface area contributed by atoms with E-state index in [2.05, 4.69) is 12.2 Å². The van der Waals surface area contributed by atoms with Crippen LogP contribution in [0.25, 0.3) is 0 Å². The molecule has 47 heavy (non-hydrogen) atoms. The highest BCUT2D eigenvalue weighted by atomic mass is 16.6. The predicted molar refractivity (Wildman–Crippen MR) is 172 cm³/mol. The van der Waals surface area contributed by atoms with Gasteiger partial charge in [0, 0.05) is 24.8 Å². The van der Waals surface area contributed by atoms with Crippen molar-refractivity contribution in [2.45, 2.75) is 13.3 Å². The number of aliphatic hydroxyl groups is 2. The van der Waals surface area contributed by atoms with E-state index in [9.17, 15) is 4.79 Å². The minimum Gasteiger partial charge on any atom is -0.491 e. The fourth-order valence-electron chi connectivity index (χ4n) is 3.54. The van der Waals surface area contributed by atoms with Gasteiger partial charge in [0.05, 0.1) is 126 Å². The zero-order chi connectivity index (χ0) is 33.9. The molecule has 0 spiro atoms. The van der Waals surface area contributed by atoms with Crippen molar-refractivity contribution < 1.29 is 67.1 Å². The molecular formula is C32H57NO14. The summed E-state index contributed by atoms with van der Waals surface area (Å²) in [5.74, 6) is 0.631. The Labute approximate surface area is 278 Å². The topological polar surface area (TPSA) is 171 Å². The number of hydrogen-bond donors (Lipinski definition) is 3. The highest BCUT2D eigenvalue weighted by Crippen LogP contribution is 2.23. The molecule has 274 valence electrons. The van der Waals surface area contributed by atoms with Gasteiger partial charge in [0.15, 0.2) is 0 Å². The maximum atomic E-state index is 12.9. The minimum absolute atomic E-state index is 0.0128. The molecule has 1 amide bonds. The summed E-state index contributed by atoms with van der Waals surface area (Å²) in [5.41, 5.74) is 0.378. The number of nitrogens with one attached hydrogen (secondary N) is 1. The van der Waals surface area contributed by atoms with Gasteiger partial charge < -0.3 is 67.6 Å². The normalized spacial score (nSPS) is 11.2. The summed E-state index contributed by atoms with van der Waals surface area (Å²) in [6.07, 6.45) is 0.980. The molecule has 0 heterocycles. The van der Waals surface area contributed by atoms with Crippen LogP contribution in [0.15, 0.2) is 18.2 Å². The number of ether oxygens (including phenoxy) is 11. The third-order valence-corrected chi connectivity index (χ3v) is 5.72. The van der Waals surface area contributed by atoms with Crippen molar-refractivity contribution >= 4 is 5.91 Å². The van der Waals surface area contributed by atoms with Crippen LogP contribution in [-0.2, 0) is 42.6 Å². The molecule has 0 aliphatic heterocycles. The smallest absolute Gasteiger partial charge is 0.251 e. The van der Waals surface area contributed by atoms with Crippen molar-refractivity contribution in [3.8, 4) is 11.5 Å². The van der Waals surface area contributed by atoms with E-state index >= 15 is 0 Å². The molecule has 1 rings (SSSR count). The molecule has 0 aliphatic rings. The number of benzene rings is 1. The van der Waals surface area contributed by atoms with Crippen molar-refractivity contribution in [1.29, 1.82) is 0 Å². The van der Waals surface area contributed by atoms with E-state index in [-0.39, 0.29) is 32.3 Å². The van der Waals surface area contributed by atoms with Crippen LogP contribution in [0.4, 0.5) is 0 Å². The summed E-state index contributed by atoms with van der Waals surface area (Å²) < 4.78 is 60.1. The van der Waals surface area contributed by atoms with E-state index in [0.717, 1.165) is 13.0 Å². The van der Waals surface area contributed by atoms with Crippen molar-refractivity contribution in [1.82, 2.24) is 5.32 Å². The number of aliphatic hydroxyl groups excluding tert-OH is 2. The third-order valence-electron chi connectivity index (χ3n) is 5.72. The second-order valence-electron chi connectivity index (χ2n) is 9.60. The molecule has 0 radical (unpaired) electrons. The van der Waals surface area contributed by atoms with Crippen LogP contribution in [0.1, 0.15) is 23.7 Å². The highest BCUT2D eigenvalue weighted by molar-refractivity contribution is 5.95. The molecule has 0 aliphatic carbocycles. The largest absolute Gasteiger partial charge is 0.491 e. The van der Waals surface area contributed by atoms with Gasteiger partial charge in [-0.15, -0.1) is 0 Å². The van der Waals surface area contributed by atoms with Crippen LogP contribution in [0, 0.1) is 0 Å². The first-order valence-electron chi connectivity index (χ1n) is 16.3. The van der Waals surface area contributed by atoms with Crippen LogP contribution in [0.2, 0.25) is 0 Å². The Morgan fingerprint density at radius 3 is 1.21 bits per heavy atom. The Morgan fingerprint density at radius 1 is 0.489 bits per heavy atom. The Bertz CT molecular complexity index is 791. The van der Waals surface area contributed by atoms with Gasteiger partial charge in [0.2, 0.25) is 0 Å². The molecule has 15 nitrogen and oxygen atoms in total. The van der Waals surface area contributed by atoms with E-state index in [1.807, 2.05) is 0 Å². The zero-order valence-corrected chi connectivity index (χ0v) is 28.0. The number of carbonyl (C=O) groups excluding carboxylic acids is 1. The first kappa shape index (κ1) is 42.9. The summed E-state index contributed by atoms with van der Waals surface area (Å²) in [6.45, 7) is 10.4. The van der Waals surface area contributed by atoms with Crippen molar-refractivity contribution in [3.05, 3.63) is 23.8 Å². The molecular weight excluding hydrogens is 622 g/mol. The Morgan fingerprint density at radius 2 is 0.830 bits per heavy atom. The number of carbonyl (C=O) groups is 1. The lowest BCUT2D eigenvalue weighted by Crippen LogP contribution is -2.27. The Balaban J connectivity index is 2.41. The van der Waals surface area contributed by atoms with Gasteiger partial charge in [-0.25, -0.2) is 0 Å². The first-order valence-corrected chi connectivity index (χ1v) is 16.3. The van der Waals surface area contributed by atoms with E-state index in [1.165, 1.54) is 0 Å². The molecule has 0 saturated carbocycles. The van der Waals surface area contributed by atoms with Gasteiger partial charge in [-0.3, -0.25) is 4.79 Å². The van der Waals surface area contributed by atoms with E-state index in [4.69, 9.17) is 62.3 Å². The molecule has 15 heteroatoms. The average molecular weight is 680 g/mol. The van der Waals surface area contributed by atoms with Crippen LogP contribution < -0.4 is 14.8 Å². The summed E-state index contributed by atoms with van der Waals surface area (Å²) in [7, 11) is 0. The summed E-state index contributed by atoms with van der Waals surface area (Å²) in [4.78, 5) is 12.9. The van der Waals surface area contributed by atoms with Crippen molar-refractivity contribution in [2.75, 3.05) is 152 Å². The van der Waals surface area contributed by atoms with Gasteiger partial charge in [0.25, 0.3) is 5.91 Å². The number of rotatable bonds is 36. The molecule has 1 aromatic carbocycles. The standard InChI is InChI=1S/C32H57NO14/c1-2-6-37-10-14-41-15-11-38-7-3-33-32(36)29-26-30(46-24-22-44-20-18-42-16-12-39-8-4-34)28-31(27-29)47-25-23-45-21-19-43-17-13-40-9-5-35/h26-28,34-35H,2-25H2,1H3,(H,33,36). The predicted octanol–water partition coefficient (Wildman–Crippen LogP) is 0.718. The molecule has 0 fully saturated rings. The first-order chi connectivity index (χ1) is 23.2. The van der Waals surface area contributed by atoms with Gasteiger partial charge >= 0.3 is 0 Å². The summed E-state index contributed by atoms with van der Waals surface area (Å²) >= 11 is 0. The fraction of sp³-hybridized carbons (Fsp3) is 0.781. The summed E-state index contributed by atoms with van der Waals surface area (Å²) in [5, 5.41) is 20.2. The minimum atomic E-state index is -0.291. The number of amides is 1. The lowest BCUT2D eigenvalue weighted by molar-refractivity contribution is 0.00330. The van der Waals surface area contributed by atoms with Crippen LogP contribution >= 0.6 is 0 Å². The second kappa shape index (κ2) is 33.7. The van der Waals surface area contributed by atoms with E-state index < -0.39 is 0 Å². The molecule has 0 saturated heterocycles. The quantitative estimate of drug-likeness (QED) is 0.0848. The van der Waals surface area contributed by atoms with Crippen molar-refractivity contribution in [2.24, 2.45) is 0 Å². The van der Waals surface area contributed by atoms with E-state index in [0.29, 0.717) is 136 Å². The van der Waals surface area contributed by atoms with E-state index in [1.54, 1.807) is 18.2 Å². The highest BCUT2D eigenvalue weighted by Gasteiger charge is 2.11. The lowest BCUT2D eigenvalue weighted by atomic mass is 10.2. The Kier molecular flexibility index (Phi) is 30.8. The SMILES string of the molecule is CCCOCCOCCOCCNC(=O)c1cc(OCCOCCOCCOCCO)cc(OCCOCCOCCOCCO)c1. The number of hydrogen-bond acceptors (Lipinski definition) is 14. The molecule has 0 aromatic heterocycles.